The van der Waals surface area contributed by atoms with Crippen LogP contribution in [0.15, 0.2) is 22.8 Å². The van der Waals surface area contributed by atoms with Gasteiger partial charge in [-0.25, -0.2) is 4.98 Å². The molecule has 0 fully saturated rings. The Labute approximate surface area is 112 Å². The number of fused-ring (bicyclic) bond motifs is 1. The minimum absolute atomic E-state index is 0.0294. The fourth-order valence-electron chi connectivity index (χ4n) is 2.06. The van der Waals surface area contributed by atoms with Gasteiger partial charge in [-0.3, -0.25) is 4.79 Å². The van der Waals surface area contributed by atoms with Crippen LogP contribution in [0, 0.1) is 0 Å². The third kappa shape index (κ3) is 1.60. The molecule has 1 aromatic heterocycles. The highest BCUT2D eigenvalue weighted by Crippen LogP contribution is 2.33. The third-order valence-electron chi connectivity index (χ3n) is 3.06. The molecule has 0 saturated heterocycles. The molecule has 1 aromatic carbocycles. The molecule has 0 aliphatic carbocycles. The second-order valence-corrected chi connectivity index (χ2v) is 5.02. The topological polar surface area (TPSA) is 72.9 Å². The number of carbonyl (C=O) groups excluding carboxylic acids is 1. The van der Waals surface area contributed by atoms with Gasteiger partial charge in [-0.05, 0) is 33.6 Å². The fraction of sp³-hybridized carbons (Fsp3) is 0.167. The number of nitrogens with one attached hydrogen (secondary N) is 1. The van der Waals surface area contributed by atoms with Crippen molar-refractivity contribution in [3.05, 3.63) is 28.4 Å². The number of imidazole rings is 1. The lowest BCUT2D eigenvalue weighted by atomic mass is 10.1. The molecule has 0 bridgehead atoms. The molecule has 6 heteroatoms. The lowest BCUT2D eigenvalue weighted by molar-refractivity contribution is -0.115. The Morgan fingerprint density at radius 2 is 2.28 bits per heavy atom. The number of aromatic nitrogens is 2. The first kappa shape index (κ1) is 11.3. The maximum Gasteiger partial charge on any atom is 0.228 e. The number of nitrogens with two attached hydrogens (primary N) is 1. The molecule has 18 heavy (non-hydrogen) atoms. The van der Waals surface area contributed by atoms with Gasteiger partial charge in [0, 0.05) is 18.3 Å². The number of nitrogens with zero attached hydrogens (tertiary/aromatic N) is 2. The normalized spacial score (nSPS) is 13.6. The van der Waals surface area contributed by atoms with Gasteiger partial charge in [-0.1, -0.05) is 6.07 Å². The van der Waals surface area contributed by atoms with Crippen LogP contribution < -0.4 is 11.1 Å². The molecule has 1 aliphatic rings. The Hall–Kier alpha value is -1.82. The van der Waals surface area contributed by atoms with Crippen LogP contribution in [-0.2, 0) is 18.3 Å². The van der Waals surface area contributed by atoms with E-state index >= 15 is 0 Å². The first-order chi connectivity index (χ1) is 8.56. The number of nitrogen functional groups attached to an aromatic ring is 1. The smallest absolute Gasteiger partial charge is 0.228 e. The van der Waals surface area contributed by atoms with Crippen molar-refractivity contribution in [3.8, 4) is 11.3 Å². The maximum atomic E-state index is 11.3. The average molecular weight is 307 g/mol. The Balaban J connectivity index is 2.11. The molecule has 3 rings (SSSR count). The number of hydrogen-bond acceptors (Lipinski definition) is 3. The van der Waals surface area contributed by atoms with Crippen molar-refractivity contribution < 1.29 is 4.79 Å². The van der Waals surface area contributed by atoms with E-state index in [0.29, 0.717) is 12.4 Å². The number of rotatable bonds is 1. The van der Waals surface area contributed by atoms with Crippen molar-refractivity contribution in [3.63, 3.8) is 0 Å². The SMILES string of the molecule is Cn1c(N)nc(-c2ccc3c(c2)CC(=O)N3)c1Br. The van der Waals surface area contributed by atoms with Crippen LogP contribution in [0.5, 0.6) is 0 Å². The van der Waals surface area contributed by atoms with Crippen LogP contribution in [0.4, 0.5) is 11.6 Å². The molecule has 1 aliphatic heterocycles. The van der Waals surface area contributed by atoms with E-state index in [1.807, 2.05) is 25.2 Å². The Kier molecular flexibility index (Phi) is 2.41. The first-order valence-electron chi connectivity index (χ1n) is 5.47. The van der Waals surface area contributed by atoms with Gasteiger partial charge in [0.15, 0.2) is 0 Å². The standard InChI is InChI=1S/C12H11BrN4O/c1-17-11(13)10(16-12(17)14)6-2-3-8-7(4-6)5-9(18)15-8/h2-4H,5H2,1H3,(H2,14,16)(H,15,18). The Morgan fingerprint density at radius 3 is 2.94 bits per heavy atom. The minimum Gasteiger partial charge on any atom is -0.369 e. The third-order valence-corrected chi connectivity index (χ3v) is 3.97. The fourth-order valence-corrected chi connectivity index (χ4v) is 2.55. The molecule has 0 unspecified atom stereocenters. The minimum atomic E-state index is 0.0294. The molecule has 0 atom stereocenters. The second kappa shape index (κ2) is 3.84. The summed E-state index contributed by atoms with van der Waals surface area (Å²) < 4.78 is 2.60. The Morgan fingerprint density at radius 1 is 1.50 bits per heavy atom. The predicted octanol–water partition coefficient (Wildman–Crippen LogP) is 1.93. The van der Waals surface area contributed by atoms with Gasteiger partial charge in [0.2, 0.25) is 11.9 Å². The summed E-state index contributed by atoms with van der Waals surface area (Å²) in [5, 5.41) is 2.81. The first-order valence-corrected chi connectivity index (χ1v) is 6.26. The molecule has 0 radical (unpaired) electrons. The molecule has 2 aromatic rings. The number of benzene rings is 1. The summed E-state index contributed by atoms with van der Waals surface area (Å²) in [5.74, 6) is 0.480. The monoisotopic (exact) mass is 306 g/mol. The number of anilines is 2. The van der Waals surface area contributed by atoms with Crippen LogP contribution in [-0.4, -0.2) is 15.5 Å². The second-order valence-electron chi connectivity index (χ2n) is 4.27. The van der Waals surface area contributed by atoms with E-state index in [9.17, 15) is 4.79 Å². The molecular weight excluding hydrogens is 296 g/mol. The molecule has 92 valence electrons. The maximum absolute atomic E-state index is 11.3. The van der Waals surface area contributed by atoms with E-state index < -0.39 is 0 Å². The van der Waals surface area contributed by atoms with Crippen LogP contribution in [0.1, 0.15) is 5.56 Å². The van der Waals surface area contributed by atoms with E-state index in [0.717, 1.165) is 27.1 Å². The lowest BCUT2D eigenvalue weighted by Gasteiger charge is -2.02. The van der Waals surface area contributed by atoms with Gasteiger partial charge < -0.3 is 15.6 Å². The van der Waals surface area contributed by atoms with E-state index in [2.05, 4.69) is 26.2 Å². The average Bonchev–Trinajstić information content (AvgIpc) is 2.82. The molecule has 0 spiro atoms. The van der Waals surface area contributed by atoms with Gasteiger partial charge in [-0.15, -0.1) is 0 Å². The van der Waals surface area contributed by atoms with Gasteiger partial charge in [0.05, 0.1) is 6.42 Å². The molecule has 5 nitrogen and oxygen atoms in total. The van der Waals surface area contributed by atoms with Crippen molar-refractivity contribution >= 4 is 33.5 Å². The molecule has 0 saturated carbocycles. The van der Waals surface area contributed by atoms with Crippen LogP contribution in [0.3, 0.4) is 0 Å². The predicted molar refractivity (Wildman–Crippen MR) is 73.1 cm³/mol. The van der Waals surface area contributed by atoms with Crippen LogP contribution >= 0.6 is 15.9 Å². The molecule has 1 amide bonds. The summed E-state index contributed by atoms with van der Waals surface area (Å²) in [6.07, 6.45) is 0.420. The summed E-state index contributed by atoms with van der Waals surface area (Å²) in [6.45, 7) is 0. The van der Waals surface area contributed by atoms with E-state index in [1.54, 1.807) is 4.57 Å². The van der Waals surface area contributed by atoms with E-state index in [4.69, 9.17) is 5.73 Å². The van der Waals surface area contributed by atoms with Crippen molar-refractivity contribution in [2.75, 3.05) is 11.1 Å². The lowest BCUT2D eigenvalue weighted by Crippen LogP contribution is -2.03. The summed E-state index contributed by atoms with van der Waals surface area (Å²) in [6, 6.07) is 5.80. The molecular formula is C12H11BrN4O. The Bertz CT molecular complexity index is 662. The highest BCUT2D eigenvalue weighted by atomic mass is 79.9. The van der Waals surface area contributed by atoms with E-state index in [1.165, 1.54) is 0 Å². The summed E-state index contributed by atoms with van der Waals surface area (Å²) in [4.78, 5) is 15.6. The van der Waals surface area contributed by atoms with Crippen molar-refractivity contribution in [1.29, 1.82) is 0 Å². The summed E-state index contributed by atoms with van der Waals surface area (Å²) in [5.41, 5.74) is 9.38. The highest BCUT2D eigenvalue weighted by molar-refractivity contribution is 9.10. The quantitative estimate of drug-likeness (QED) is 0.845. The van der Waals surface area contributed by atoms with Gasteiger partial charge in [0.25, 0.3) is 0 Å². The summed E-state index contributed by atoms with van der Waals surface area (Å²) >= 11 is 3.47. The largest absolute Gasteiger partial charge is 0.369 e. The van der Waals surface area contributed by atoms with Crippen molar-refractivity contribution in [2.24, 2.45) is 7.05 Å². The van der Waals surface area contributed by atoms with Gasteiger partial charge >= 0.3 is 0 Å². The zero-order valence-corrected chi connectivity index (χ0v) is 11.3. The zero-order chi connectivity index (χ0) is 12.9. The number of carbonyl (C=O) groups is 1. The van der Waals surface area contributed by atoms with Crippen molar-refractivity contribution in [2.45, 2.75) is 6.42 Å². The van der Waals surface area contributed by atoms with Crippen LogP contribution in [0.2, 0.25) is 0 Å². The van der Waals surface area contributed by atoms with Crippen molar-refractivity contribution in [1.82, 2.24) is 9.55 Å². The van der Waals surface area contributed by atoms with E-state index in [-0.39, 0.29) is 5.91 Å². The number of amides is 1. The molecule has 2 heterocycles. The number of halogens is 1. The zero-order valence-electron chi connectivity index (χ0n) is 9.70. The highest BCUT2D eigenvalue weighted by Gasteiger charge is 2.19. The summed E-state index contributed by atoms with van der Waals surface area (Å²) in [7, 11) is 1.84. The van der Waals surface area contributed by atoms with Crippen LogP contribution in [0.25, 0.3) is 11.3 Å². The molecule has 3 N–H and O–H groups in total. The van der Waals surface area contributed by atoms with Gasteiger partial charge in [-0.2, -0.15) is 0 Å². The van der Waals surface area contributed by atoms with Gasteiger partial charge in [0.1, 0.15) is 10.3 Å². The number of hydrogen-bond donors (Lipinski definition) is 2.